The summed E-state index contributed by atoms with van der Waals surface area (Å²) >= 11 is 3.50. The third kappa shape index (κ3) is 3.22. The first-order valence-electron chi connectivity index (χ1n) is 7.04. The molecule has 0 saturated carbocycles. The average molecular weight is 312 g/mol. The van der Waals surface area contributed by atoms with Crippen LogP contribution >= 0.6 is 15.9 Å². The molecule has 3 nitrogen and oxygen atoms in total. The summed E-state index contributed by atoms with van der Waals surface area (Å²) in [6, 6.07) is 2.72. The maximum atomic E-state index is 4.69. The SMILES string of the molecule is CCCC1CCCCN1c1cc(Br)nc(CC)n1. The summed E-state index contributed by atoms with van der Waals surface area (Å²) in [6.07, 6.45) is 7.34. The van der Waals surface area contributed by atoms with Crippen molar-refractivity contribution in [3.63, 3.8) is 0 Å². The lowest BCUT2D eigenvalue weighted by molar-refractivity contribution is 0.431. The monoisotopic (exact) mass is 311 g/mol. The van der Waals surface area contributed by atoms with Crippen LogP contribution in [-0.2, 0) is 6.42 Å². The molecule has 0 amide bonds. The van der Waals surface area contributed by atoms with Crippen LogP contribution in [0.4, 0.5) is 5.82 Å². The van der Waals surface area contributed by atoms with Crippen LogP contribution in [0.5, 0.6) is 0 Å². The molecule has 0 spiro atoms. The van der Waals surface area contributed by atoms with E-state index in [-0.39, 0.29) is 0 Å². The van der Waals surface area contributed by atoms with Gasteiger partial charge in [-0.15, -0.1) is 0 Å². The van der Waals surface area contributed by atoms with Crippen LogP contribution in [0.15, 0.2) is 10.7 Å². The lowest BCUT2D eigenvalue weighted by Crippen LogP contribution is -2.40. The molecular formula is C14H22BrN3. The third-order valence-electron chi connectivity index (χ3n) is 3.59. The Morgan fingerprint density at radius 1 is 1.33 bits per heavy atom. The van der Waals surface area contributed by atoms with E-state index < -0.39 is 0 Å². The molecule has 0 radical (unpaired) electrons. The smallest absolute Gasteiger partial charge is 0.133 e. The highest BCUT2D eigenvalue weighted by molar-refractivity contribution is 9.10. The van der Waals surface area contributed by atoms with Gasteiger partial charge in [0, 0.05) is 25.1 Å². The van der Waals surface area contributed by atoms with Gasteiger partial charge in [0.25, 0.3) is 0 Å². The fourth-order valence-corrected chi connectivity index (χ4v) is 3.10. The van der Waals surface area contributed by atoms with Crippen LogP contribution in [0.25, 0.3) is 0 Å². The second-order valence-corrected chi connectivity index (χ2v) is 5.76. The summed E-state index contributed by atoms with van der Waals surface area (Å²) in [4.78, 5) is 11.6. The first-order chi connectivity index (χ1) is 8.74. The van der Waals surface area contributed by atoms with E-state index >= 15 is 0 Å². The van der Waals surface area contributed by atoms with Crippen LogP contribution < -0.4 is 4.90 Å². The topological polar surface area (TPSA) is 29.0 Å². The maximum Gasteiger partial charge on any atom is 0.133 e. The largest absolute Gasteiger partial charge is 0.353 e. The highest BCUT2D eigenvalue weighted by Gasteiger charge is 2.23. The molecule has 1 unspecified atom stereocenters. The second kappa shape index (κ2) is 6.50. The Kier molecular flexibility index (Phi) is 4.98. The van der Waals surface area contributed by atoms with Crippen molar-refractivity contribution in [3.8, 4) is 0 Å². The number of rotatable bonds is 4. The standard InChI is InChI=1S/C14H22BrN3/c1-3-7-11-8-5-6-9-18(11)14-10-12(15)16-13(4-2)17-14/h10-11H,3-9H2,1-2H3. The number of anilines is 1. The average Bonchev–Trinajstić information content (AvgIpc) is 2.39. The predicted molar refractivity (Wildman–Crippen MR) is 79.0 cm³/mol. The molecule has 18 heavy (non-hydrogen) atoms. The summed E-state index contributed by atoms with van der Waals surface area (Å²) in [5, 5.41) is 0. The van der Waals surface area contributed by atoms with Gasteiger partial charge in [0.05, 0.1) is 0 Å². The Bertz CT molecular complexity index is 393. The zero-order valence-electron chi connectivity index (χ0n) is 11.3. The van der Waals surface area contributed by atoms with Crippen LogP contribution in [0.2, 0.25) is 0 Å². The van der Waals surface area contributed by atoms with Crippen molar-refractivity contribution < 1.29 is 0 Å². The maximum absolute atomic E-state index is 4.69. The van der Waals surface area contributed by atoms with Gasteiger partial charge in [0.1, 0.15) is 16.2 Å². The summed E-state index contributed by atoms with van der Waals surface area (Å²) in [7, 11) is 0. The molecule has 1 aromatic rings. The van der Waals surface area contributed by atoms with E-state index in [0.29, 0.717) is 6.04 Å². The van der Waals surface area contributed by atoms with Crippen molar-refractivity contribution >= 4 is 21.7 Å². The Morgan fingerprint density at radius 3 is 2.89 bits per heavy atom. The molecule has 0 N–H and O–H groups in total. The van der Waals surface area contributed by atoms with E-state index in [4.69, 9.17) is 4.98 Å². The third-order valence-corrected chi connectivity index (χ3v) is 3.99. The molecule has 1 saturated heterocycles. The van der Waals surface area contributed by atoms with E-state index in [1.807, 2.05) is 0 Å². The molecule has 0 bridgehead atoms. The lowest BCUT2D eigenvalue weighted by atomic mass is 9.98. The molecule has 2 heterocycles. The Labute approximate surface area is 118 Å². The number of hydrogen-bond acceptors (Lipinski definition) is 3. The van der Waals surface area contributed by atoms with Gasteiger partial charge in [-0.25, -0.2) is 9.97 Å². The fraction of sp³-hybridized carbons (Fsp3) is 0.714. The summed E-state index contributed by atoms with van der Waals surface area (Å²) < 4.78 is 0.908. The molecule has 2 rings (SSSR count). The minimum absolute atomic E-state index is 0.662. The van der Waals surface area contributed by atoms with Crippen LogP contribution in [0.1, 0.15) is 51.8 Å². The molecule has 100 valence electrons. The number of aromatic nitrogens is 2. The highest BCUT2D eigenvalue weighted by Crippen LogP contribution is 2.27. The van der Waals surface area contributed by atoms with Crippen molar-refractivity contribution in [2.75, 3.05) is 11.4 Å². The Hall–Kier alpha value is -0.640. The summed E-state index contributed by atoms with van der Waals surface area (Å²) in [5.74, 6) is 2.03. The van der Waals surface area contributed by atoms with Gasteiger partial charge in [0.2, 0.25) is 0 Å². The zero-order chi connectivity index (χ0) is 13.0. The predicted octanol–water partition coefficient (Wildman–Crippen LogP) is 3.96. The van der Waals surface area contributed by atoms with Gasteiger partial charge in [-0.1, -0.05) is 20.3 Å². The van der Waals surface area contributed by atoms with Gasteiger partial charge in [-0.3, -0.25) is 0 Å². The first-order valence-corrected chi connectivity index (χ1v) is 7.84. The molecule has 1 fully saturated rings. The van der Waals surface area contributed by atoms with Gasteiger partial charge in [-0.2, -0.15) is 0 Å². The van der Waals surface area contributed by atoms with Gasteiger partial charge in [-0.05, 0) is 41.6 Å². The van der Waals surface area contributed by atoms with E-state index in [0.717, 1.165) is 29.2 Å². The first kappa shape index (κ1) is 13.8. The van der Waals surface area contributed by atoms with E-state index in [2.05, 4.69) is 45.7 Å². The van der Waals surface area contributed by atoms with Crippen molar-refractivity contribution in [2.24, 2.45) is 0 Å². The van der Waals surface area contributed by atoms with Crippen molar-refractivity contribution in [1.82, 2.24) is 9.97 Å². The molecule has 4 heteroatoms. The number of aryl methyl sites for hydroxylation is 1. The van der Waals surface area contributed by atoms with E-state index in [1.54, 1.807) is 0 Å². The minimum Gasteiger partial charge on any atom is -0.353 e. The zero-order valence-corrected chi connectivity index (χ0v) is 12.9. The van der Waals surface area contributed by atoms with Gasteiger partial charge in [0.15, 0.2) is 0 Å². The molecule has 1 aliphatic heterocycles. The van der Waals surface area contributed by atoms with Crippen LogP contribution in [0.3, 0.4) is 0 Å². The summed E-state index contributed by atoms with van der Waals surface area (Å²) in [6.45, 7) is 5.50. The van der Waals surface area contributed by atoms with Crippen LogP contribution in [-0.4, -0.2) is 22.6 Å². The van der Waals surface area contributed by atoms with Crippen molar-refractivity contribution in [1.29, 1.82) is 0 Å². The van der Waals surface area contributed by atoms with Crippen molar-refractivity contribution in [2.45, 2.75) is 58.4 Å². The quantitative estimate of drug-likeness (QED) is 0.788. The highest BCUT2D eigenvalue weighted by atomic mass is 79.9. The van der Waals surface area contributed by atoms with Crippen LogP contribution in [0, 0.1) is 0 Å². The Morgan fingerprint density at radius 2 is 2.17 bits per heavy atom. The number of nitrogens with zero attached hydrogens (tertiary/aromatic N) is 3. The Balaban J connectivity index is 2.24. The molecule has 0 aromatic carbocycles. The normalized spacial score (nSPS) is 20.2. The van der Waals surface area contributed by atoms with Crippen molar-refractivity contribution in [3.05, 3.63) is 16.5 Å². The summed E-state index contributed by atoms with van der Waals surface area (Å²) in [5.41, 5.74) is 0. The molecule has 1 aromatic heterocycles. The number of piperidine rings is 1. The second-order valence-electron chi connectivity index (χ2n) is 4.95. The van der Waals surface area contributed by atoms with Gasteiger partial charge >= 0.3 is 0 Å². The minimum atomic E-state index is 0.662. The number of halogens is 1. The molecule has 0 aliphatic carbocycles. The van der Waals surface area contributed by atoms with E-state index in [1.165, 1.54) is 32.1 Å². The number of hydrogen-bond donors (Lipinski definition) is 0. The fourth-order valence-electron chi connectivity index (χ4n) is 2.69. The van der Waals surface area contributed by atoms with E-state index in [9.17, 15) is 0 Å². The van der Waals surface area contributed by atoms with Gasteiger partial charge < -0.3 is 4.90 Å². The molecular weight excluding hydrogens is 290 g/mol. The lowest BCUT2D eigenvalue weighted by Gasteiger charge is -2.36. The molecule has 1 aliphatic rings. The molecule has 1 atom stereocenters.